The van der Waals surface area contributed by atoms with Crippen LogP contribution in [-0.2, 0) is 16.0 Å². The van der Waals surface area contributed by atoms with Gasteiger partial charge in [0, 0.05) is 12.2 Å². The van der Waals surface area contributed by atoms with E-state index in [1.165, 1.54) is 0 Å². The molecule has 0 bridgehead atoms. The summed E-state index contributed by atoms with van der Waals surface area (Å²) in [7, 11) is 0. The van der Waals surface area contributed by atoms with Gasteiger partial charge in [-0.1, -0.05) is 44.2 Å². The van der Waals surface area contributed by atoms with Gasteiger partial charge in [-0.3, -0.25) is 4.79 Å². The SMILES string of the molecule is CC(C)c1ccc(C(=O)O[C@@H](C)C(=O)N2CCc3ccccc32)cc1. The Morgan fingerprint density at radius 3 is 2.36 bits per heavy atom. The highest BCUT2D eigenvalue weighted by Crippen LogP contribution is 2.28. The number of rotatable bonds is 4. The van der Waals surface area contributed by atoms with Gasteiger partial charge in [0.15, 0.2) is 6.10 Å². The largest absolute Gasteiger partial charge is 0.449 e. The van der Waals surface area contributed by atoms with E-state index in [1.54, 1.807) is 24.0 Å². The van der Waals surface area contributed by atoms with Crippen LogP contribution >= 0.6 is 0 Å². The number of para-hydroxylation sites is 1. The summed E-state index contributed by atoms with van der Waals surface area (Å²) < 4.78 is 5.40. The molecule has 4 heteroatoms. The van der Waals surface area contributed by atoms with E-state index in [-0.39, 0.29) is 5.91 Å². The Bertz CT molecular complexity index is 780. The molecule has 25 heavy (non-hydrogen) atoms. The van der Waals surface area contributed by atoms with Crippen LogP contribution in [-0.4, -0.2) is 24.5 Å². The van der Waals surface area contributed by atoms with Crippen LogP contribution < -0.4 is 4.90 Å². The Morgan fingerprint density at radius 1 is 1.00 bits per heavy atom. The summed E-state index contributed by atoms with van der Waals surface area (Å²) >= 11 is 0. The lowest BCUT2D eigenvalue weighted by Crippen LogP contribution is -2.39. The molecule has 0 saturated heterocycles. The third kappa shape index (κ3) is 3.58. The van der Waals surface area contributed by atoms with Crippen molar-refractivity contribution in [1.82, 2.24) is 0 Å². The van der Waals surface area contributed by atoms with Crippen molar-refractivity contribution in [3.05, 3.63) is 65.2 Å². The van der Waals surface area contributed by atoms with Crippen LogP contribution in [0.5, 0.6) is 0 Å². The number of anilines is 1. The van der Waals surface area contributed by atoms with Crippen LogP contribution in [0.15, 0.2) is 48.5 Å². The number of hydrogen-bond acceptors (Lipinski definition) is 3. The highest BCUT2D eigenvalue weighted by Gasteiger charge is 2.29. The number of hydrogen-bond donors (Lipinski definition) is 0. The van der Waals surface area contributed by atoms with Gasteiger partial charge in [-0.25, -0.2) is 4.79 Å². The Kier molecular flexibility index (Phi) is 4.88. The number of fused-ring (bicyclic) bond motifs is 1. The van der Waals surface area contributed by atoms with E-state index < -0.39 is 12.1 Å². The lowest BCUT2D eigenvalue weighted by atomic mass is 10.0. The van der Waals surface area contributed by atoms with Gasteiger partial charge >= 0.3 is 5.97 Å². The monoisotopic (exact) mass is 337 g/mol. The summed E-state index contributed by atoms with van der Waals surface area (Å²) in [6.45, 7) is 6.46. The minimum atomic E-state index is -0.816. The van der Waals surface area contributed by atoms with Crippen LogP contribution in [0, 0.1) is 0 Å². The Hall–Kier alpha value is -2.62. The fourth-order valence-electron chi connectivity index (χ4n) is 3.07. The van der Waals surface area contributed by atoms with E-state index in [0.717, 1.165) is 23.2 Å². The van der Waals surface area contributed by atoms with Gasteiger partial charge in [0.1, 0.15) is 0 Å². The highest BCUT2D eigenvalue weighted by atomic mass is 16.5. The highest BCUT2D eigenvalue weighted by molar-refractivity contribution is 6.00. The summed E-state index contributed by atoms with van der Waals surface area (Å²) in [6, 6.07) is 15.2. The number of ether oxygens (including phenoxy) is 1. The second-order valence-electron chi connectivity index (χ2n) is 6.69. The van der Waals surface area contributed by atoms with E-state index in [1.807, 2.05) is 36.4 Å². The van der Waals surface area contributed by atoms with Gasteiger partial charge in [0.05, 0.1) is 5.56 Å². The molecular formula is C21H23NO3. The molecule has 1 aliphatic heterocycles. The number of amides is 1. The molecule has 1 heterocycles. The number of esters is 1. The minimum absolute atomic E-state index is 0.183. The van der Waals surface area contributed by atoms with Crippen LogP contribution in [0.2, 0.25) is 0 Å². The van der Waals surface area contributed by atoms with E-state index >= 15 is 0 Å². The lowest BCUT2D eigenvalue weighted by molar-refractivity contribution is -0.126. The molecule has 0 N–H and O–H groups in total. The smallest absolute Gasteiger partial charge is 0.338 e. The van der Waals surface area contributed by atoms with Crippen molar-refractivity contribution in [1.29, 1.82) is 0 Å². The second-order valence-corrected chi connectivity index (χ2v) is 6.69. The number of carbonyl (C=O) groups excluding carboxylic acids is 2. The van der Waals surface area contributed by atoms with Crippen LogP contribution in [0.3, 0.4) is 0 Å². The fraction of sp³-hybridized carbons (Fsp3) is 0.333. The Morgan fingerprint density at radius 2 is 1.68 bits per heavy atom. The molecule has 1 aliphatic rings. The average Bonchev–Trinajstić information content (AvgIpc) is 3.05. The predicted molar refractivity (Wildman–Crippen MR) is 97.9 cm³/mol. The minimum Gasteiger partial charge on any atom is -0.449 e. The predicted octanol–water partition coefficient (Wildman–Crippen LogP) is 3.94. The van der Waals surface area contributed by atoms with Crippen molar-refractivity contribution >= 4 is 17.6 Å². The maximum absolute atomic E-state index is 12.7. The van der Waals surface area contributed by atoms with Gasteiger partial charge in [0.2, 0.25) is 0 Å². The first-order chi connectivity index (χ1) is 12.0. The van der Waals surface area contributed by atoms with E-state index in [0.29, 0.717) is 18.0 Å². The number of benzene rings is 2. The molecule has 0 spiro atoms. The zero-order valence-electron chi connectivity index (χ0n) is 14.9. The molecule has 4 nitrogen and oxygen atoms in total. The fourth-order valence-corrected chi connectivity index (χ4v) is 3.07. The van der Waals surface area contributed by atoms with Crippen molar-refractivity contribution in [2.24, 2.45) is 0 Å². The zero-order valence-corrected chi connectivity index (χ0v) is 14.9. The van der Waals surface area contributed by atoms with Gasteiger partial charge in [-0.05, 0) is 48.6 Å². The molecule has 1 atom stereocenters. The van der Waals surface area contributed by atoms with Crippen molar-refractivity contribution in [2.75, 3.05) is 11.4 Å². The number of nitrogens with zero attached hydrogens (tertiary/aromatic N) is 1. The maximum atomic E-state index is 12.7. The molecule has 0 fully saturated rings. The molecule has 2 aromatic rings. The molecule has 3 rings (SSSR count). The number of carbonyl (C=O) groups is 2. The third-order valence-electron chi connectivity index (χ3n) is 4.60. The first kappa shape index (κ1) is 17.2. The van der Waals surface area contributed by atoms with Crippen molar-refractivity contribution in [3.8, 4) is 0 Å². The Balaban J connectivity index is 1.66. The average molecular weight is 337 g/mol. The van der Waals surface area contributed by atoms with Crippen LogP contribution in [0.25, 0.3) is 0 Å². The molecule has 2 aromatic carbocycles. The maximum Gasteiger partial charge on any atom is 0.338 e. The third-order valence-corrected chi connectivity index (χ3v) is 4.60. The van der Waals surface area contributed by atoms with Crippen LogP contribution in [0.1, 0.15) is 48.2 Å². The van der Waals surface area contributed by atoms with Gasteiger partial charge in [-0.15, -0.1) is 0 Å². The molecule has 0 aromatic heterocycles. The van der Waals surface area contributed by atoms with E-state index in [4.69, 9.17) is 4.74 Å². The quantitative estimate of drug-likeness (QED) is 0.794. The molecule has 0 aliphatic carbocycles. The Labute approximate surface area is 148 Å². The van der Waals surface area contributed by atoms with Crippen molar-refractivity contribution < 1.29 is 14.3 Å². The van der Waals surface area contributed by atoms with E-state index in [2.05, 4.69) is 13.8 Å². The molecule has 0 radical (unpaired) electrons. The summed E-state index contributed by atoms with van der Waals surface area (Å²) in [4.78, 5) is 26.7. The lowest BCUT2D eigenvalue weighted by Gasteiger charge is -2.21. The van der Waals surface area contributed by atoms with Gasteiger partial charge < -0.3 is 9.64 Å². The second kappa shape index (κ2) is 7.09. The topological polar surface area (TPSA) is 46.6 Å². The normalized spacial score (nSPS) is 14.3. The molecular weight excluding hydrogens is 314 g/mol. The van der Waals surface area contributed by atoms with Crippen LogP contribution in [0.4, 0.5) is 5.69 Å². The summed E-state index contributed by atoms with van der Waals surface area (Å²) in [5, 5.41) is 0. The zero-order chi connectivity index (χ0) is 18.0. The summed E-state index contributed by atoms with van der Waals surface area (Å²) in [5.74, 6) is -0.249. The first-order valence-corrected chi connectivity index (χ1v) is 8.67. The molecule has 0 unspecified atom stereocenters. The molecule has 1 amide bonds. The molecule has 130 valence electrons. The summed E-state index contributed by atoms with van der Waals surface area (Å²) in [6.07, 6.45) is 0.0163. The standard InChI is InChI=1S/C21H23NO3/c1-14(2)16-8-10-18(11-9-16)21(24)25-15(3)20(23)22-13-12-17-6-4-5-7-19(17)22/h4-11,14-15H,12-13H2,1-3H3/t15-/m0/s1. The summed E-state index contributed by atoms with van der Waals surface area (Å²) in [5.41, 5.74) is 3.69. The van der Waals surface area contributed by atoms with Gasteiger partial charge in [0.25, 0.3) is 5.91 Å². The molecule has 0 saturated carbocycles. The first-order valence-electron chi connectivity index (χ1n) is 8.67. The van der Waals surface area contributed by atoms with E-state index in [9.17, 15) is 9.59 Å². The van der Waals surface area contributed by atoms with Crippen molar-refractivity contribution in [3.63, 3.8) is 0 Å². The van der Waals surface area contributed by atoms with Gasteiger partial charge in [-0.2, -0.15) is 0 Å². The van der Waals surface area contributed by atoms with Crippen molar-refractivity contribution in [2.45, 2.75) is 39.2 Å².